The first-order chi connectivity index (χ1) is 17.9. The lowest BCUT2D eigenvalue weighted by atomic mass is 10.0. The Bertz CT molecular complexity index is 1150. The number of para-hydroxylation sites is 1. The lowest BCUT2D eigenvalue weighted by Gasteiger charge is -2.24. The summed E-state index contributed by atoms with van der Waals surface area (Å²) in [6.07, 6.45) is 1.43. The van der Waals surface area contributed by atoms with Crippen LogP contribution in [0.4, 0.5) is 0 Å². The fraction of sp³-hybridized carbons (Fsp3) is 0.480. The fourth-order valence-electron chi connectivity index (χ4n) is 3.91. The summed E-state index contributed by atoms with van der Waals surface area (Å²) in [5.41, 5.74) is 12.5. The maximum atomic E-state index is 13.0. The van der Waals surface area contributed by atoms with E-state index in [4.69, 9.17) is 11.5 Å². The van der Waals surface area contributed by atoms with E-state index < -0.39 is 60.4 Å². The number of aliphatic hydroxyl groups is 1. The molecule has 0 bridgehead atoms. The third-order valence-corrected chi connectivity index (χ3v) is 5.90. The van der Waals surface area contributed by atoms with Gasteiger partial charge in [-0.15, -0.1) is 0 Å². The van der Waals surface area contributed by atoms with Crippen molar-refractivity contribution in [3.05, 3.63) is 36.0 Å². The van der Waals surface area contributed by atoms with Crippen molar-refractivity contribution in [2.75, 3.05) is 6.61 Å². The first kappa shape index (κ1) is 30.3. The van der Waals surface area contributed by atoms with Crippen molar-refractivity contribution in [2.45, 2.75) is 63.7 Å². The number of H-pyrrole nitrogens is 1. The number of rotatable bonds is 15. The maximum absolute atomic E-state index is 13.0. The minimum Gasteiger partial charge on any atom is -0.480 e. The van der Waals surface area contributed by atoms with Gasteiger partial charge in [0.1, 0.15) is 18.1 Å². The second-order valence-corrected chi connectivity index (χ2v) is 9.51. The Hall–Kier alpha value is -3.97. The van der Waals surface area contributed by atoms with E-state index >= 15 is 0 Å². The van der Waals surface area contributed by atoms with Crippen LogP contribution in [-0.4, -0.2) is 75.6 Å². The molecule has 1 heterocycles. The molecule has 13 heteroatoms. The molecule has 10 N–H and O–H groups in total. The molecule has 2 rings (SSSR count). The van der Waals surface area contributed by atoms with E-state index in [0.29, 0.717) is 12.0 Å². The van der Waals surface area contributed by atoms with E-state index in [1.807, 2.05) is 32.0 Å². The smallest absolute Gasteiger partial charge is 0.326 e. The van der Waals surface area contributed by atoms with Gasteiger partial charge in [0.25, 0.3) is 0 Å². The van der Waals surface area contributed by atoms with Gasteiger partial charge in [0.05, 0.1) is 12.6 Å². The number of carboxylic acid groups (broad SMARTS) is 1. The summed E-state index contributed by atoms with van der Waals surface area (Å²) in [4.78, 5) is 64.5. The Labute approximate surface area is 219 Å². The molecule has 208 valence electrons. The molecule has 4 atom stereocenters. The predicted octanol–water partition coefficient (Wildman–Crippen LogP) is -1.12. The monoisotopic (exact) mass is 532 g/mol. The van der Waals surface area contributed by atoms with Gasteiger partial charge in [0.2, 0.25) is 23.6 Å². The molecule has 4 amide bonds. The Balaban J connectivity index is 2.14. The van der Waals surface area contributed by atoms with Crippen LogP contribution in [0.15, 0.2) is 30.5 Å². The SMILES string of the molecule is CC(C)CC(N)C(=O)NC(CO)C(=O)NC(CCC(N)=O)C(=O)NC(Cc1c[nH]c2ccccc12)C(=O)O. The number of carbonyl (C=O) groups excluding carboxylic acids is 4. The molecule has 1 aromatic carbocycles. The number of aromatic amines is 1. The molecular weight excluding hydrogens is 496 g/mol. The van der Waals surface area contributed by atoms with E-state index in [2.05, 4.69) is 20.9 Å². The van der Waals surface area contributed by atoms with E-state index in [-0.39, 0.29) is 25.2 Å². The second-order valence-electron chi connectivity index (χ2n) is 9.51. The number of fused-ring (bicyclic) bond motifs is 1. The Morgan fingerprint density at radius 3 is 2.16 bits per heavy atom. The second kappa shape index (κ2) is 14.1. The number of hydrogen-bond donors (Lipinski definition) is 8. The maximum Gasteiger partial charge on any atom is 0.326 e. The van der Waals surface area contributed by atoms with Gasteiger partial charge < -0.3 is 42.6 Å². The summed E-state index contributed by atoms with van der Waals surface area (Å²) < 4.78 is 0. The number of primary amides is 1. The molecular formula is C25H36N6O7. The molecule has 13 nitrogen and oxygen atoms in total. The van der Waals surface area contributed by atoms with Gasteiger partial charge in [-0.1, -0.05) is 32.0 Å². The van der Waals surface area contributed by atoms with Gasteiger partial charge in [-0.3, -0.25) is 19.2 Å². The summed E-state index contributed by atoms with van der Waals surface area (Å²) in [7, 11) is 0. The Morgan fingerprint density at radius 1 is 0.947 bits per heavy atom. The highest BCUT2D eigenvalue weighted by Crippen LogP contribution is 2.19. The van der Waals surface area contributed by atoms with Crippen LogP contribution in [0.25, 0.3) is 10.9 Å². The minimum atomic E-state index is -1.42. The van der Waals surface area contributed by atoms with Gasteiger partial charge in [0, 0.05) is 29.9 Å². The van der Waals surface area contributed by atoms with Gasteiger partial charge in [-0.25, -0.2) is 4.79 Å². The normalized spacial score (nSPS) is 14.3. The molecule has 0 saturated heterocycles. The number of nitrogens with one attached hydrogen (secondary N) is 4. The fourth-order valence-corrected chi connectivity index (χ4v) is 3.91. The van der Waals surface area contributed by atoms with E-state index in [1.54, 1.807) is 12.3 Å². The number of nitrogens with two attached hydrogens (primary N) is 2. The highest BCUT2D eigenvalue weighted by atomic mass is 16.4. The number of carbonyl (C=O) groups is 5. The molecule has 1 aromatic heterocycles. The summed E-state index contributed by atoms with van der Waals surface area (Å²) in [5, 5.41) is 27.3. The quantitative estimate of drug-likeness (QED) is 0.140. The van der Waals surface area contributed by atoms with Crippen molar-refractivity contribution < 1.29 is 34.2 Å². The molecule has 0 radical (unpaired) electrons. The lowest BCUT2D eigenvalue weighted by molar-refractivity contribution is -0.142. The van der Waals surface area contributed by atoms with Crippen molar-refractivity contribution in [1.29, 1.82) is 0 Å². The van der Waals surface area contributed by atoms with E-state index in [1.165, 1.54) is 0 Å². The number of amides is 4. The molecule has 2 aromatic rings. The van der Waals surface area contributed by atoms with Crippen LogP contribution in [0, 0.1) is 5.92 Å². The lowest BCUT2D eigenvalue weighted by Crippen LogP contribution is -2.58. The van der Waals surface area contributed by atoms with Crippen LogP contribution in [0.3, 0.4) is 0 Å². The standard InChI is InChI=1S/C25H36N6O7/c1-13(2)9-16(26)22(34)31-20(12-32)24(36)29-18(7-8-21(27)33)23(35)30-19(25(37)38)10-14-11-28-17-6-4-3-5-15(14)17/h3-6,11,13,16,18-20,28,32H,7-10,12,26H2,1-2H3,(H2,27,33)(H,29,36)(H,30,35)(H,31,34)(H,37,38). The molecule has 0 saturated carbocycles. The number of benzene rings is 1. The van der Waals surface area contributed by atoms with E-state index in [9.17, 15) is 34.2 Å². The summed E-state index contributed by atoms with van der Waals surface area (Å²) in [5.74, 6) is -4.36. The Kier molecular flexibility index (Phi) is 11.2. The Morgan fingerprint density at radius 2 is 1.55 bits per heavy atom. The van der Waals surface area contributed by atoms with Crippen LogP contribution in [0.2, 0.25) is 0 Å². The van der Waals surface area contributed by atoms with Crippen LogP contribution >= 0.6 is 0 Å². The summed E-state index contributed by atoms with van der Waals surface area (Å²) in [6.45, 7) is 2.96. The van der Waals surface area contributed by atoms with Crippen molar-refractivity contribution in [2.24, 2.45) is 17.4 Å². The van der Waals surface area contributed by atoms with Crippen molar-refractivity contribution in [3.63, 3.8) is 0 Å². The van der Waals surface area contributed by atoms with Crippen LogP contribution in [0.5, 0.6) is 0 Å². The molecule has 0 aliphatic heterocycles. The third-order valence-electron chi connectivity index (χ3n) is 5.90. The minimum absolute atomic E-state index is 0.0510. The highest BCUT2D eigenvalue weighted by Gasteiger charge is 2.30. The topological polar surface area (TPSA) is 230 Å². The zero-order chi connectivity index (χ0) is 28.4. The number of aromatic nitrogens is 1. The van der Waals surface area contributed by atoms with E-state index in [0.717, 1.165) is 10.9 Å². The molecule has 0 aliphatic carbocycles. The zero-order valence-corrected chi connectivity index (χ0v) is 21.4. The van der Waals surface area contributed by atoms with Gasteiger partial charge in [0.15, 0.2) is 0 Å². The zero-order valence-electron chi connectivity index (χ0n) is 21.4. The summed E-state index contributed by atoms with van der Waals surface area (Å²) in [6, 6.07) is 2.22. The predicted molar refractivity (Wildman–Crippen MR) is 138 cm³/mol. The molecule has 0 fully saturated rings. The number of carboxylic acids is 1. The van der Waals surface area contributed by atoms with Crippen molar-refractivity contribution in [1.82, 2.24) is 20.9 Å². The van der Waals surface area contributed by atoms with Crippen molar-refractivity contribution >= 4 is 40.5 Å². The average molecular weight is 533 g/mol. The van der Waals surface area contributed by atoms with Crippen LogP contribution in [-0.2, 0) is 30.4 Å². The number of hydrogen-bond acceptors (Lipinski definition) is 7. The van der Waals surface area contributed by atoms with Crippen molar-refractivity contribution in [3.8, 4) is 0 Å². The first-order valence-electron chi connectivity index (χ1n) is 12.3. The average Bonchev–Trinajstić information content (AvgIpc) is 3.26. The van der Waals surface area contributed by atoms with Gasteiger partial charge >= 0.3 is 5.97 Å². The van der Waals surface area contributed by atoms with Crippen LogP contribution < -0.4 is 27.4 Å². The molecule has 4 unspecified atom stereocenters. The molecule has 38 heavy (non-hydrogen) atoms. The van der Waals surface area contributed by atoms with Crippen LogP contribution in [0.1, 0.15) is 38.7 Å². The van der Waals surface area contributed by atoms with Gasteiger partial charge in [-0.05, 0) is 30.4 Å². The third kappa shape index (κ3) is 8.85. The largest absolute Gasteiger partial charge is 0.480 e. The van der Waals surface area contributed by atoms with Gasteiger partial charge in [-0.2, -0.15) is 0 Å². The number of aliphatic carboxylic acids is 1. The molecule has 0 spiro atoms. The summed E-state index contributed by atoms with van der Waals surface area (Å²) >= 11 is 0. The number of aliphatic hydroxyl groups excluding tert-OH is 1. The molecule has 0 aliphatic rings. The first-order valence-corrected chi connectivity index (χ1v) is 12.3. The highest BCUT2D eigenvalue weighted by molar-refractivity contribution is 5.94.